The molecule has 0 aliphatic rings. The summed E-state index contributed by atoms with van der Waals surface area (Å²) < 4.78 is 4.60. The van der Waals surface area contributed by atoms with Gasteiger partial charge in [0.2, 0.25) is 0 Å². The van der Waals surface area contributed by atoms with Crippen molar-refractivity contribution in [2.45, 2.75) is 6.42 Å². The van der Waals surface area contributed by atoms with Crippen molar-refractivity contribution in [1.82, 2.24) is 0 Å². The van der Waals surface area contributed by atoms with Crippen molar-refractivity contribution in [3.05, 3.63) is 29.8 Å². The molecule has 0 radical (unpaired) electrons. The second-order valence-electron chi connectivity index (χ2n) is 2.56. The van der Waals surface area contributed by atoms with Gasteiger partial charge in [-0.15, -0.1) is 0 Å². The molecule has 0 saturated heterocycles. The van der Waals surface area contributed by atoms with E-state index in [4.69, 9.17) is 15.2 Å². The van der Waals surface area contributed by atoms with Crippen molar-refractivity contribution < 1.29 is 19.8 Å². The summed E-state index contributed by atoms with van der Waals surface area (Å²) in [6.45, 7) is 0.100. The predicted molar refractivity (Wildman–Crippen MR) is 48.1 cm³/mol. The van der Waals surface area contributed by atoms with E-state index in [1.807, 2.05) is 0 Å². The number of hydrogen-bond acceptors (Lipinski definition) is 4. The number of benzene rings is 1. The maximum absolute atomic E-state index is 8.62. The first-order valence-corrected chi connectivity index (χ1v) is 3.95. The third kappa shape index (κ3) is 3.46. The molecule has 0 saturated carbocycles. The third-order valence-corrected chi connectivity index (χ3v) is 1.57. The molecular weight excluding hydrogens is 171 g/mol. The average molecular weight is 182 g/mol. The Morgan fingerprint density at radius 1 is 1.15 bits per heavy atom. The van der Waals surface area contributed by atoms with E-state index < -0.39 is 7.32 Å². The van der Waals surface area contributed by atoms with Gasteiger partial charge in [-0.25, -0.2) is 0 Å². The number of hydrogen-bond donors (Lipinski definition) is 3. The largest absolute Gasteiger partial charge is 0.707 e. The van der Waals surface area contributed by atoms with E-state index in [9.17, 15) is 0 Å². The highest BCUT2D eigenvalue weighted by molar-refractivity contribution is 6.33. The highest BCUT2D eigenvalue weighted by Gasteiger charge is 2.10. The van der Waals surface area contributed by atoms with E-state index in [0.717, 1.165) is 5.56 Å². The molecule has 5 heteroatoms. The van der Waals surface area contributed by atoms with E-state index in [2.05, 4.69) is 4.65 Å². The lowest BCUT2D eigenvalue weighted by Crippen LogP contribution is -2.20. The summed E-state index contributed by atoms with van der Waals surface area (Å²) in [5.74, 6) is 0.386. The molecule has 1 aromatic rings. The van der Waals surface area contributed by atoms with Crippen molar-refractivity contribution in [2.24, 2.45) is 0 Å². The summed E-state index contributed by atoms with van der Waals surface area (Å²) in [4.78, 5) is 0. The Morgan fingerprint density at radius 2 is 1.77 bits per heavy atom. The van der Waals surface area contributed by atoms with Gasteiger partial charge in [0.25, 0.3) is 0 Å². The molecule has 0 aliphatic heterocycles. The molecule has 0 spiro atoms. The molecule has 0 amide bonds. The standard InChI is InChI=1S/C8H11BO4/c10-6-5-7-1-3-8(4-2-7)13-9(11)12/h1-4,10-12H,5-6H2. The molecular formula is C8H11BO4. The van der Waals surface area contributed by atoms with Crippen LogP contribution in [-0.2, 0) is 6.42 Å². The van der Waals surface area contributed by atoms with Gasteiger partial charge in [0.15, 0.2) is 0 Å². The van der Waals surface area contributed by atoms with Crippen LogP contribution in [-0.4, -0.2) is 29.1 Å². The molecule has 0 heterocycles. The molecule has 0 fully saturated rings. The Morgan fingerprint density at radius 3 is 2.23 bits per heavy atom. The second kappa shape index (κ2) is 4.86. The Bertz CT molecular complexity index is 247. The van der Waals surface area contributed by atoms with E-state index in [-0.39, 0.29) is 6.61 Å². The first kappa shape index (κ1) is 10.0. The molecule has 1 rings (SSSR count). The van der Waals surface area contributed by atoms with E-state index >= 15 is 0 Å². The predicted octanol–water partition coefficient (Wildman–Crippen LogP) is -0.430. The molecule has 0 atom stereocenters. The highest BCUT2D eigenvalue weighted by Crippen LogP contribution is 2.12. The van der Waals surface area contributed by atoms with Crippen LogP contribution in [0.1, 0.15) is 5.56 Å². The lowest BCUT2D eigenvalue weighted by molar-refractivity contribution is 0.287. The minimum Gasteiger partial charge on any atom is -0.512 e. The van der Waals surface area contributed by atoms with Crippen molar-refractivity contribution >= 4 is 7.32 Å². The zero-order chi connectivity index (χ0) is 9.68. The SMILES string of the molecule is OCCc1ccc(OB(O)O)cc1. The van der Waals surface area contributed by atoms with Gasteiger partial charge in [-0.1, -0.05) is 12.1 Å². The van der Waals surface area contributed by atoms with Crippen molar-refractivity contribution in [3.8, 4) is 5.75 Å². The molecule has 0 aliphatic carbocycles. The van der Waals surface area contributed by atoms with Gasteiger partial charge in [-0.3, -0.25) is 0 Å². The molecule has 0 aromatic heterocycles. The van der Waals surface area contributed by atoms with Crippen molar-refractivity contribution in [1.29, 1.82) is 0 Å². The van der Waals surface area contributed by atoms with Crippen LogP contribution >= 0.6 is 0 Å². The Labute approximate surface area is 76.6 Å². The van der Waals surface area contributed by atoms with Crippen LogP contribution < -0.4 is 4.65 Å². The maximum atomic E-state index is 8.62. The molecule has 3 N–H and O–H groups in total. The Kier molecular flexibility index (Phi) is 3.76. The van der Waals surface area contributed by atoms with Gasteiger partial charge in [0.05, 0.1) is 0 Å². The molecule has 1 aromatic carbocycles. The van der Waals surface area contributed by atoms with E-state index in [1.165, 1.54) is 0 Å². The van der Waals surface area contributed by atoms with Crippen LogP contribution in [0.3, 0.4) is 0 Å². The molecule has 13 heavy (non-hydrogen) atoms. The first-order valence-electron chi connectivity index (χ1n) is 3.95. The summed E-state index contributed by atoms with van der Waals surface area (Å²) in [5, 5.41) is 25.6. The third-order valence-electron chi connectivity index (χ3n) is 1.57. The molecule has 0 bridgehead atoms. The Hall–Kier alpha value is -1.04. The van der Waals surface area contributed by atoms with E-state index in [0.29, 0.717) is 12.2 Å². The second-order valence-corrected chi connectivity index (χ2v) is 2.56. The van der Waals surface area contributed by atoms with Crippen LogP contribution in [0.4, 0.5) is 0 Å². The lowest BCUT2D eigenvalue weighted by Gasteiger charge is -2.04. The normalized spacial score (nSPS) is 9.77. The molecule has 70 valence electrons. The number of aliphatic hydroxyl groups excluding tert-OH is 1. The van der Waals surface area contributed by atoms with E-state index in [1.54, 1.807) is 24.3 Å². The summed E-state index contributed by atoms with van der Waals surface area (Å²) in [5.41, 5.74) is 0.974. The van der Waals surface area contributed by atoms with Gasteiger partial charge in [-0.2, -0.15) is 0 Å². The summed E-state index contributed by atoms with van der Waals surface area (Å²) in [6.07, 6.45) is 0.585. The quantitative estimate of drug-likeness (QED) is 0.552. The zero-order valence-electron chi connectivity index (χ0n) is 7.05. The fourth-order valence-electron chi connectivity index (χ4n) is 0.986. The zero-order valence-corrected chi connectivity index (χ0v) is 7.05. The van der Waals surface area contributed by atoms with Crippen LogP contribution in [0.5, 0.6) is 5.75 Å². The minimum atomic E-state index is -1.79. The minimum absolute atomic E-state index is 0.100. The van der Waals surface area contributed by atoms with Gasteiger partial charge in [0, 0.05) is 6.61 Å². The van der Waals surface area contributed by atoms with Crippen molar-refractivity contribution in [3.63, 3.8) is 0 Å². The first-order chi connectivity index (χ1) is 6.22. The lowest BCUT2D eigenvalue weighted by atomic mass is 10.1. The fourth-order valence-corrected chi connectivity index (χ4v) is 0.986. The van der Waals surface area contributed by atoms with Crippen LogP contribution in [0, 0.1) is 0 Å². The maximum Gasteiger partial charge on any atom is 0.707 e. The number of aliphatic hydroxyl groups is 1. The fraction of sp³-hybridized carbons (Fsp3) is 0.250. The average Bonchev–Trinajstić information content (AvgIpc) is 2.08. The number of rotatable bonds is 4. The topological polar surface area (TPSA) is 69.9 Å². The van der Waals surface area contributed by atoms with Gasteiger partial charge in [0.1, 0.15) is 5.75 Å². The summed E-state index contributed by atoms with van der Waals surface area (Å²) in [6, 6.07) is 6.75. The van der Waals surface area contributed by atoms with Crippen molar-refractivity contribution in [2.75, 3.05) is 6.61 Å². The summed E-state index contributed by atoms with van der Waals surface area (Å²) in [7, 11) is -1.79. The molecule has 0 unspecified atom stereocenters. The Balaban J connectivity index is 2.59. The highest BCUT2D eigenvalue weighted by atomic mass is 16.6. The van der Waals surface area contributed by atoms with Crippen LogP contribution in [0.25, 0.3) is 0 Å². The monoisotopic (exact) mass is 182 g/mol. The summed E-state index contributed by atoms with van der Waals surface area (Å²) >= 11 is 0. The van der Waals surface area contributed by atoms with Gasteiger partial charge in [-0.05, 0) is 24.1 Å². The molecule has 4 nitrogen and oxygen atoms in total. The van der Waals surface area contributed by atoms with Crippen LogP contribution in [0.15, 0.2) is 24.3 Å². The smallest absolute Gasteiger partial charge is 0.512 e. The van der Waals surface area contributed by atoms with Gasteiger partial charge >= 0.3 is 7.32 Å². The van der Waals surface area contributed by atoms with Gasteiger partial charge < -0.3 is 19.8 Å². The van der Waals surface area contributed by atoms with Crippen LogP contribution in [0.2, 0.25) is 0 Å².